The Labute approximate surface area is 208 Å². The molecule has 3 aromatic carbocycles. The molecule has 2 N–H and O–H groups in total. The van der Waals surface area contributed by atoms with Gasteiger partial charge in [-0.15, -0.1) is 10.2 Å². The van der Waals surface area contributed by atoms with Crippen molar-refractivity contribution >= 4 is 50.7 Å². The average molecular weight is 531 g/mol. The van der Waals surface area contributed by atoms with Crippen LogP contribution in [0, 0.1) is 0 Å². The van der Waals surface area contributed by atoms with E-state index in [-0.39, 0.29) is 11.7 Å². The lowest BCUT2D eigenvalue weighted by Crippen LogP contribution is -2.20. The van der Waals surface area contributed by atoms with Gasteiger partial charge in [-0.05, 0) is 30.3 Å². The van der Waals surface area contributed by atoms with Crippen LogP contribution in [0.25, 0.3) is 28.0 Å². The summed E-state index contributed by atoms with van der Waals surface area (Å²) in [7, 11) is 0. The lowest BCUT2D eigenvalue weighted by Gasteiger charge is -2.10. The second-order valence-electron chi connectivity index (χ2n) is 7.36. The Morgan fingerprint density at radius 3 is 2.62 bits per heavy atom. The van der Waals surface area contributed by atoms with E-state index in [4.69, 9.17) is 0 Å². The van der Waals surface area contributed by atoms with Crippen molar-refractivity contribution in [2.24, 2.45) is 5.10 Å². The van der Waals surface area contributed by atoms with Crippen LogP contribution in [0.15, 0.2) is 99.8 Å². The molecule has 0 aliphatic heterocycles. The Balaban J connectivity index is 1.30. The van der Waals surface area contributed by atoms with Crippen LogP contribution in [0.2, 0.25) is 0 Å². The summed E-state index contributed by atoms with van der Waals surface area (Å²) in [5.41, 5.74) is 6.36. The van der Waals surface area contributed by atoms with Crippen LogP contribution in [0.3, 0.4) is 0 Å². The summed E-state index contributed by atoms with van der Waals surface area (Å²) >= 11 is 4.79. The van der Waals surface area contributed by atoms with Crippen molar-refractivity contribution in [1.29, 1.82) is 0 Å². The number of halogens is 1. The van der Waals surface area contributed by atoms with E-state index >= 15 is 0 Å². The molecule has 0 unspecified atom stereocenters. The molecule has 1 amide bonds. The number of nitrogens with zero attached hydrogens (tertiary/aromatic N) is 4. The summed E-state index contributed by atoms with van der Waals surface area (Å²) in [6.45, 7) is 0. The number of H-pyrrole nitrogens is 1. The first-order valence-electron chi connectivity index (χ1n) is 10.5. The highest BCUT2D eigenvalue weighted by Gasteiger charge is 2.17. The summed E-state index contributed by atoms with van der Waals surface area (Å²) in [5.74, 6) is 0.639. The van der Waals surface area contributed by atoms with Crippen LogP contribution in [-0.2, 0) is 4.79 Å². The largest absolute Gasteiger partial charge is 0.361 e. The maximum atomic E-state index is 12.5. The second-order valence-corrected chi connectivity index (χ2v) is 9.22. The number of amides is 1. The van der Waals surface area contributed by atoms with Gasteiger partial charge in [0, 0.05) is 38.4 Å². The molecule has 0 aliphatic rings. The third-order valence-corrected chi connectivity index (χ3v) is 6.50. The zero-order valence-electron chi connectivity index (χ0n) is 17.9. The number of carbonyl (C=O) groups excluding carboxylic acids is 1. The molecular weight excluding hydrogens is 512 g/mol. The molecule has 0 atom stereocenters. The van der Waals surface area contributed by atoms with Crippen LogP contribution in [0.5, 0.6) is 0 Å². The van der Waals surface area contributed by atoms with Gasteiger partial charge in [-0.2, -0.15) is 5.10 Å². The summed E-state index contributed by atoms with van der Waals surface area (Å²) < 4.78 is 2.94. The number of rotatable bonds is 7. The number of hydrogen-bond donors (Lipinski definition) is 2. The number of aromatic nitrogens is 4. The van der Waals surface area contributed by atoms with E-state index in [0.717, 1.165) is 38.0 Å². The number of carbonyl (C=O) groups is 1. The molecule has 5 rings (SSSR count). The molecule has 168 valence electrons. The first kappa shape index (κ1) is 22.1. The topological polar surface area (TPSA) is 88.0 Å². The fraction of sp³-hybridized carbons (Fsp3) is 0.0400. The van der Waals surface area contributed by atoms with Crippen molar-refractivity contribution in [1.82, 2.24) is 25.2 Å². The number of para-hydroxylation sites is 1. The quantitative estimate of drug-likeness (QED) is 0.167. The minimum atomic E-state index is -0.230. The minimum absolute atomic E-state index is 0.149. The molecule has 34 heavy (non-hydrogen) atoms. The normalized spacial score (nSPS) is 11.3. The van der Waals surface area contributed by atoms with Gasteiger partial charge >= 0.3 is 0 Å². The smallest absolute Gasteiger partial charge is 0.250 e. The molecule has 9 heteroatoms. The highest BCUT2D eigenvalue weighted by atomic mass is 79.9. The molecule has 0 saturated carbocycles. The summed E-state index contributed by atoms with van der Waals surface area (Å²) in [4.78, 5) is 15.7. The van der Waals surface area contributed by atoms with E-state index in [0.29, 0.717) is 5.16 Å². The van der Waals surface area contributed by atoms with Crippen molar-refractivity contribution in [2.45, 2.75) is 5.16 Å². The van der Waals surface area contributed by atoms with E-state index in [1.807, 2.05) is 89.6 Å². The fourth-order valence-corrected chi connectivity index (χ4v) is 4.61. The zero-order valence-corrected chi connectivity index (χ0v) is 20.3. The monoisotopic (exact) mass is 530 g/mol. The third-order valence-electron chi connectivity index (χ3n) is 5.08. The second kappa shape index (κ2) is 10.1. The number of hydrogen-bond acceptors (Lipinski definition) is 5. The number of thioether (sulfide) groups is 1. The molecule has 0 bridgehead atoms. The molecule has 2 heterocycles. The number of fused-ring (bicyclic) bond motifs is 1. The predicted molar refractivity (Wildman–Crippen MR) is 139 cm³/mol. The van der Waals surface area contributed by atoms with Crippen molar-refractivity contribution in [3.63, 3.8) is 0 Å². The van der Waals surface area contributed by atoms with Crippen molar-refractivity contribution in [2.75, 3.05) is 5.75 Å². The molecule has 0 aliphatic carbocycles. The molecule has 0 spiro atoms. The molecule has 0 radical (unpaired) electrons. The molecule has 2 aromatic heterocycles. The highest BCUT2D eigenvalue weighted by Crippen LogP contribution is 2.27. The molecular formula is C25H19BrN6OS. The molecule has 0 saturated heterocycles. The van der Waals surface area contributed by atoms with Gasteiger partial charge in [-0.3, -0.25) is 9.36 Å². The highest BCUT2D eigenvalue weighted by molar-refractivity contribution is 9.10. The van der Waals surface area contributed by atoms with E-state index in [1.165, 1.54) is 11.8 Å². The first-order chi connectivity index (χ1) is 16.7. The minimum Gasteiger partial charge on any atom is -0.361 e. The van der Waals surface area contributed by atoms with Crippen molar-refractivity contribution < 1.29 is 4.79 Å². The van der Waals surface area contributed by atoms with Crippen LogP contribution in [0.1, 0.15) is 5.56 Å². The van der Waals surface area contributed by atoms with Gasteiger partial charge < -0.3 is 4.98 Å². The number of nitrogens with one attached hydrogen (secondary N) is 2. The Morgan fingerprint density at radius 2 is 1.82 bits per heavy atom. The third kappa shape index (κ3) is 4.80. The van der Waals surface area contributed by atoms with Crippen LogP contribution < -0.4 is 5.43 Å². The van der Waals surface area contributed by atoms with Gasteiger partial charge in [-0.25, -0.2) is 5.43 Å². The lowest BCUT2D eigenvalue weighted by atomic mass is 10.2. The van der Waals surface area contributed by atoms with Gasteiger partial charge in [0.25, 0.3) is 5.91 Å². The van der Waals surface area contributed by atoms with Gasteiger partial charge in [0.2, 0.25) is 0 Å². The van der Waals surface area contributed by atoms with Gasteiger partial charge in [0.05, 0.1) is 12.0 Å². The molecule has 7 nitrogen and oxygen atoms in total. The summed E-state index contributed by atoms with van der Waals surface area (Å²) in [6, 6.07) is 25.7. The Morgan fingerprint density at radius 1 is 1.06 bits per heavy atom. The van der Waals surface area contributed by atoms with Crippen LogP contribution in [-0.4, -0.2) is 37.6 Å². The number of hydrazone groups is 1. The number of benzene rings is 3. The zero-order chi connectivity index (χ0) is 23.3. The number of aromatic amines is 1. The fourth-order valence-electron chi connectivity index (χ4n) is 3.50. The van der Waals surface area contributed by atoms with Crippen LogP contribution in [0.4, 0.5) is 0 Å². The maximum Gasteiger partial charge on any atom is 0.250 e. The lowest BCUT2D eigenvalue weighted by molar-refractivity contribution is -0.118. The van der Waals surface area contributed by atoms with Crippen LogP contribution >= 0.6 is 27.7 Å². The summed E-state index contributed by atoms with van der Waals surface area (Å²) in [5, 5.41) is 14.5. The van der Waals surface area contributed by atoms with Gasteiger partial charge in [0.1, 0.15) is 0 Å². The van der Waals surface area contributed by atoms with Crippen molar-refractivity contribution in [3.05, 3.63) is 95.1 Å². The Hall–Kier alpha value is -3.69. The average Bonchev–Trinajstić information content (AvgIpc) is 3.48. The SMILES string of the molecule is O=C(CSc1nnc(-c2ccccc2)n1-c1ccccc1)N/N=C/c1c[nH]c2ccc(Br)cc12. The van der Waals surface area contributed by atoms with E-state index in [9.17, 15) is 4.79 Å². The van der Waals surface area contributed by atoms with E-state index < -0.39 is 0 Å². The predicted octanol–water partition coefficient (Wildman–Crippen LogP) is 5.42. The van der Waals surface area contributed by atoms with Gasteiger partial charge in [-0.1, -0.05) is 76.2 Å². The summed E-state index contributed by atoms with van der Waals surface area (Å²) in [6.07, 6.45) is 3.49. The standard InChI is InChI=1S/C25H19BrN6OS/c26-19-11-12-22-21(13-19)18(14-27-22)15-28-29-23(33)16-34-25-31-30-24(17-7-3-1-4-8-17)32(25)20-9-5-2-6-10-20/h1-15,27H,16H2,(H,29,33)/b28-15+. The first-order valence-corrected chi connectivity index (χ1v) is 12.2. The van der Waals surface area contributed by atoms with Crippen molar-refractivity contribution in [3.8, 4) is 17.1 Å². The maximum absolute atomic E-state index is 12.5. The Bertz CT molecular complexity index is 1460. The Kier molecular flexibility index (Phi) is 6.55. The van der Waals surface area contributed by atoms with E-state index in [1.54, 1.807) is 6.21 Å². The molecule has 5 aromatic rings. The van der Waals surface area contributed by atoms with E-state index in [2.05, 4.69) is 41.6 Å². The molecule has 0 fully saturated rings. The van der Waals surface area contributed by atoms with Gasteiger partial charge in [0.15, 0.2) is 11.0 Å².